The maximum absolute atomic E-state index is 12.6. The van der Waals surface area contributed by atoms with E-state index in [9.17, 15) is 18.3 Å². The van der Waals surface area contributed by atoms with Crippen LogP contribution in [0.15, 0.2) is 29.2 Å². The van der Waals surface area contributed by atoms with E-state index in [1.165, 1.54) is 4.31 Å². The summed E-state index contributed by atoms with van der Waals surface area (Å²) in [6, 6.07) is 6.43. The van der Waals surface area contributed by atoms with Crippen molar-refractivity contribution in [3.05, 3.63) is 29.8 Å². The van der Waals surface area contributed by atoms with Crippen molar-refractivity contribution >= 4 is 15.9 Å². The van der Waals surface area contributed by atoms with Crippen molar-refractivity contribution in [1.29, 1.82) is 0 Å². The van der Waals surface area contributed by atoms with Crippen LogP contribution in [0.1, 0.15) is 45.1 Å². The third-order valence-electron chi connectivity index (χ3n) is 4.34. The van der Waals surface area contributed by atoms with Gasteiger partial charge in [-0.1, -0.05) is 18.6 Å². The molecule has 2 atom stereocenters. The minimum absolute atomic E-state index is 0.105. The van der Waals surface area contributed by atoms with Gasteiger partial charge in [-0.25, -0.2) is 8.42 Å². The number of hydrogen-bond donors (Lipinski definition) is 2. The van der Waals surface area contributed by atoms with Crippen LogP contribution in [0.2, 0.25) is 0 Å². The van der Waals surface area contributed by atoms with E-state index in [0.29, 0.717) is 19.5 Å². The predicted molar refractivity (Wildman–Crippen MR) is 96.7 cm³/mol. The van der Waals surface area contributed by atoms with Crippen LogP contribution in [0.4, 0.5) is 0 Å². The first-order valence-corrected chi connectivity index (χ1v) is 10.3. The number of aliphatic hydroxyl groups is 1. The number of sulfonamides is 1. The van der Waals surface area contributed by atoms with Gasteiger partial charge in [-0.15, -0.1) is 0 Å². The van der Waals surface area contributed by atoms with Gasteiger partial charge < -0.3 is 10.4 Å². The van der Waals surface area contributed by atoms with Crippen molar-refractivity contribution in [2.75, 3.05) is 13.1 Å². The van der Waals surface area contributed by atoms with E-state index in [4.69, 9.17) is 0 Å². The molecule has 140 valence electrons. The van der Waals surface area contributed by atoms with E-state index in [2.05, 4.69) is 5.32 Å². The molecule has 0 radical (unpaired) electrons. The Morgan fingerprint density at radius 1 is 1.16 bits per heavy atom. The molecule has 1 aromatic rings. The Balaban J connectivity index is 1.96. The van der Waals surface area contributed by atoms with Gasteiger partial charge >= 0.3 is 0 Å². The zero-order chi connectivity index (χ0) is 18.4. The predicted octanol–water partition coefficient (Wildman–Crippen LogP) is 1.68. The average molecular weight is 368 g/mol. The second kappa shape index (κ2) is 8.78. The monoisotopic (exact) mass is 368 g/mol. The van der Waals surface area contributed by atoms with Gasteiger partial charge in [0, 0.05) is 19.1 Å². The zero-order valence-corrected chi connectivity index (χ0v) is 15.8. The van der Waals surface area contributed by atoms with Crippen molar-refractivity contribution in [3.63, 3.8) is 0 Å². The molecule has 1 saturated heterocycles. The normalized spacial score (nSPS) is 18.5. The number of benzene rings is 1. The number of nitrogens with one attached hydrogen (secondary N) is 1. The fourth-order valence-electron chi connectivity index (χ4n) is 3.12. The molecule has 0 saturated carbocycles. The summed E-state index contributed by atoms with van der Waals surface area (Å²) in [6.45, 7) is 4.68. The minimum atomic E-state index is -3.43. The Kier molecular flexibility index (Phi) is 6.98. The summed E-state index contributed by atoms with van der Waals surface area (Å²) in [5.41, 5.74) is 0.763. The smallest absolute Gasteiger partial charge is 0.243 e. The van der Waals surface area contributed by atoms with Crippen molar-refractivity contribution in [2.45, 2.75) is 63.0 Å². The van der Waals surface area contributed by atoms with Crippen LogP contribution in [0.5, 0.6) is 0 Å². The average Bonchev–Trinajstić information content (AvgIpc) is 2.55. The van der Waals surface area contributed by atoms with E-state index in [1.807, 2.05) is 6.92 Å². The summed E-state index contributed by atoms with van der Waals surface area (Å²) in [6.07, 6.45) is 3.11. The molecule has 1 aliphatic heterocycles. The summed E-state index contributed by atoms with van der Waals surface area (Å²) in [4.78, 5) is 12.3. The van der Waals surface area contributed by atoms with E-state index in [1.54, 1.807) is 31.2 Å². The molecule has 6 nitrogen and oxygen atoms in total. The molecule has 1 heterocycles. The largest absolute Gasteiger partial charge is 0.393 e. The number of hydrogen-bond acceptors (Lipinski definition) is 4. The number of amides is 1. The van der Waals surface area contributed by atoms with Gasteiger partial charge in [0.25, 0.3) is 0 Å². The Morgan fingerprint density at radius 2 is 1.76 bits per heavy atom. The molecule has 25 heavy (non-hydrogen) atoms. The summed E-state index contributed by atoms with van der Waals surface area (Å²) < 4.78 is 26.7. The number of nitrogens with zero attached hydrogens (tertiary/aromatic N) is 1. The van der Waals surface area contributed by atoms with Gasteiger partial charge in [0.15, 0.2) is 0 Å². The quantitative estimate of drug-likeness (QED) is 0.767. The molecular weight excluding hydrogens is 340 g/mol. The van der Waals surface area contributed by atoms with E-state index in [-0.39, 0.29) is 23.3 Å². The topological polar surface area (TPSA) is 86.7 Å². The molecule has 0 spiro atoms. The van der Waals surface area contributed by atoms with E-state index >= 15 is 0 Å². The van der Waals surface area contributed by atoms with E-state index < -0.39 is 16.1 Å². The lowest BCUT2D eigenvalue weighted by Gasteiger charge is -2.25. The summed E-state index contributed by atoms with van der Waals surface area (Å²) in [7, 11) is -3.43. The van der Waals surface area contributed by atoms with Gasteiger partial charge in [0.2, 0.25) is 15.9 Å². The van der Waals surface area contributed by atoms with E-state index in [0.717, 1.165) is 24.8 Å². The molecule has 2 N–H and O–H groups in total. The van der Waals surface area contributed by atoms with Gasteiger partial charge in [-0.05, 0) is 50.8 Å². The number of aliphatic hydroxyl groups excluding tert-OH is 1. The first-order valence-electron chi connectivity index (χ1n) is 8.85. The molecule has 2 rings (SSSR count). The van der Waals surface area contributed by atoms with Crippen LogP contribution in [-0.2, 0) is 21.2 Å². The molecule has 0 bridgehead atoms. The maximum Gasteiger partial charge on any atom is 0.243 e. The van der Waals surface area contributed by atoms with Crippen molar-refractivity contribution in [1.82, 2.24) is 9.62 Å². The van der Waals surface area contributed by atoms with Crippen molar-refractivity contribution in [2.24, 2.45) is 0 Å². The SMILES string of the molecule is CC(O)CC(C)NC(=O)Cc1ccc(S(=O)(=O)N2CCCCC2)cc1. The minimum Gasteiger partial charge on any atom is -0.393 e. The Morgan fingerprint density at radius 3 is 2.32 bits per heavy atom. The fraction of sp³-hybridized carbons (Fsp3) is 0.611. The first-order chi connectivity index (χ1) is 11.8. The second-order valence-corrected chi connectivity index (χ2v) is 8.78. The van der Waals surface area contributed by atoms with Crippen LogP contribution in [-0.4, -0.2) is 49.0 Å². The van der Waals surface area contributed by atoms with Crippen molar-refractivity contribution in [3.8, 4) is 0 Å². The Hall–Kier alpha value is -1.44. The van der Waals surface area contributed by atoms with Gasteiger partial charge in [0.05, 0.1) is 17.4 Å². The molecular formula is C18H28N2O4S. The van der Waals surface area contributed by atoms with Gasteiger partial charge in [-0.3, -0.25) is 4.79 Å². The highest BCUT2D eigenvalue weighted by molar-refractivity contribution is 7.89. The number of carbonyl (C=O) groups is 1. The van der Waals surface area contributed by atoms with Gasteiger partial charge in [0.1, 0.15) is 0 Å². The molecule has 1 amide bonds. The molecule has 0 aliphatic carbocycles. The standard InChI is InChI=1S/C18H28N2O4S/c1-14(12-15(2)21)19-18(22)13-16-6-8-17(9-7-16)25(23,24)20-10-4-3-5-11-20/h6-9,14-15,21H,3-5,10-13H2,1-2H3,(H,19,22). The zero-order valence-electron chi connectivity index (χ0n) is 14.9. The lowest BCUT2D eigenvalue weighted by atomic mass is 10.1. The number of carbonyl (C=O) groups excluding carboxylic acids is 1. The molecule has 0 aromatic heterocycles. The summed E-state index contributed by atoms with van der Waals surface area (Å²) in [5, 5.41) is 12.2. The second-order valence-electron chi connectivity index (χ2n) is 6.84. The Labute approximate surface area is 150 Å². The van der Waals surface area contributed by atoms with Crippen LogP contribution >= 0.6 is 0 Å². The van der Waals surface area contributed by atoms with Crippen LogP contribution in [0.25, 0.3) is 0 Å². The summed E-state index contributed by atoms with van der Waals surface area (Å²) >= 11 is 0. The molecule has 7 heteroatoms. The van der Waals surface area contributed by atoms with Crippen LogP contribution in [0, 0.1) is 0 Å². The fourth-order valence-corrected chi connectivity index (χ4v) is 4.63. The summed E-state index contributed by atoms with van der Waals surface area (Å²) in [5.74, 6) is -0.139. The lowest BCUT2D eigenvalue weighted by molar-refractivity contribution is -0.121. The highest BCUT2D eigenvalue weighted by Gasteiger charge is 2.25. The molecule has 1 aromatic carbocycles. The van der Waals surface area contributed by atoms with Gasteiger partial charge in [-0.2, -0.15) is 4.31 Å². The third kappa shape index (κ3) is 5.80. The Bertz CT molecular complexity index is 665. The number of piperidine rings is 1. The molecule has 1 fully saturated rings. The first kappa shape index (κ1) is 19.9. The maximum atomic E-state index is 12.6. The lowest BCUT2D eigenvalue weighted by Crippen LogP contribution is -2.36. The highest BCUT2D eigenvalue weighted by atomic mass is 32.2. The highest BCUT2D eigenvalue weighted by Crippen LogP contribution is 2.21. The molecule has 1 aliphatic rings. The van der Waals surface area contributed by atoms with Crippen LogP contribution in [0.3, 0.4) is 0 Å². The van der Waals surface area contributed by atoms with Crippen molar-refractivity contribution < 1.29 is 18.3 Å². The third-order valence-corrected chi connectivity index (χ3v) is 6.26. The number of rotatable bonds is 7. The van der Waals surface area contributed by atoms with Crippen LogP contribution < -0.4 is 5.32 Å². The molecule has 2 unspecified atom stereocenters.